The fraction of sp³-hybridized carbons (Fsp3) is 0.467. The summed E-state index contributed by atoms with van der Waals surface area (Å²) in [6, 6.07) is 3.55. The molecule has 0 bridgehead atoms. The first-order chi connectivity index (χ1) is 10.5. The van der Waals surface area contributed by atoms with Crippen LogP contribution in [0.15, 0.2) is 16.6 Å². The van der Waals surface area contributed by atoms with E-state index in [-0.39, 0.29) is 16.3 Å². The van der Waals surface area contributed by atoms with Gasteiger partial charge < -0.3 is 4.90 Å². The van der Waals surface area contributed by atoms with Crippen LogP contribution in [0.3, 0.4) is 0 Å². The zero-order valence-corrected chi connectivity index (χ0v) is 14.5. The molecule has 1 aliphatic heterocycles. The van der Waals surface area contributed by atoms with Crippen molar-refractivity contribution < 1.29 is 4.39 Å². The molecule has 1 aromatic carbocycles. The molecule has 7 heteroatoms. The topological polar surface area (TPSA) is 32.3 Å². The maximum atomic E-state index is 14.3. The third-order valence-electron chi connectivity index (χ3n) is 4.84. The lowest BCUT2D eigenvalue weighted by molar-refractivity contribution is 0.198. The quantitative estimate of drug-likeness (QED) is 0.704. The maximum absolute atomic E-state index is 14.3. The van der Waals surface area contributed by atoms with Crippen LogP contribution in [0.2, 0.25) is 5.28 Å². The Morgan fingerprint density at radius 1 is 1.27 bits per heavy atom. The number of benzene rings is 1. The minimum absolute atomic E-state index is 0.0864. The summed E-state index contributed by atoms with van der Waals surface area (Å²) >= 11 is 9.24. The molecule has 0 N–H and O–H groups in total. The molecule has 1 spiro atoms. The highest BCUT2D eigenvalue weighted by atomic mass is 79.9. The fourth-order valence-electron chi connectivity index (χ4n) is 3.26. The highest BCUT2D eigenvalue weighted by Crippen LogP contribution is 2.44. The standard InChI is InChI=1S/C15H15BrClFN4/c1-21-6-7-22(8-15(21)4-5-15)13-9-2-3-10(16)11(18)12(9)19-14(17)20-13/h2-3H,4-8H2,1H3. The summed E-state index contributed by atoms with van der Waals surface area (Å²) in [5.41, 5.74) is 0.531. The van der Waals surface area contributed by atoms with E-state index in [9.17, 15) is 4.39 Å². The van der Waals surface area contributed by atoms with E-state index in [2.05, 4.69) is 42.7 Å². The Hall–Kier alpha value is -0.980. The molecule has 1 aromatic heterocycles. The van der Waals surface area contributed by atoms with Crippen molar-refractivity contribution >= 4 is 44.3 Å². The molecule has 4 rings (SSSR count). The Bertz CT molecular complexity index is 765. The predicted molar refractivity (Wildman–Crippen MR) is 89.0 cm³/mol. The van der Waals surface area contributed by atoms with Crippen molar-refractivity contribution in [3.05, 3.63) is 27.7 Å². The van der Waals surface area contributed by atoms with E-state index < -0.39 is 5.82 Å². The van der Waals surface area contributed by atoms with E-state index in [4.69, 9.17) is 11.6 Å². The average Bonchev–Trinajstić information content (AvgIpc) is 3.26. The van der Waals surface area contributed by atoms with E-state index in [1.165, 1.54) is 12.8 Å². The van der Waals surface area contributed by atoms with E-state index in [0.717, 1.165) is 25.5 Å². The molecule has 1 aliphatic carbocycles. The minimum Gasteiger partial charge on any atom is -0.353 e. The highest BCUT2D eigenvalue weighted by molar-refractivity contribution is 9.10. The van der Waals surface area contributed by atoms with E-state index >= 15 is 0 Å². The average molecular weight is 386 g/mol. The number of anilines is 1. The van der Waals surface area contributed by atoms with Gasteiger partial charge in [0.05, 0.1) is 4.47 Å². The third kappa shape index (κ3) is 2.20. The molecule has 2 heterocycles. The largest absolute Gasteiger partial charge is 0.353 e. The first-order valence-electron chi connectivity index (χ1n) is 7.28. The molecule has 4 nitrogen and oxygen atoms in total. The lowest BCUT2D eigenvalue weighted by atomic mass is 10.1. The fourth-order valence-corrected chi connectivity index (χ4v) is 3.75. The van der Waals surface area contributed by atoms with Crippen LogP contribution in [0.1, 0.15) is 12.8 Å². The van der Waals surface area contributed by atoms with E-state index in [1.54, 1.807) is 6.07 Å². The van der Waals surface area contributed by atoms with Crippen LogP contribution in [0.25, 0.3) is 10.9 Å². The Morgan fingerprint density at radius 3 is 2.77 bits per heavy atom. The Kier molecular flexibility index (Phi) is 3.33. The van der Waals surface area contributed by atoms with Crippen molar-refractivity contribution in [1.82, 2.24) is 14.9 Å². The van der Waals surface area contributed by atoms with Gasteiger partial charge in [-0.1, -0.05) is 0 Å². The molecule has 0 unspecified atom stereocenters. The zero-order valence-electron chi connectivity index (χ0n) is 12.1. The second-order valence-corrected chi connectivity index (χ2v) is 7.33. The van der Waals surface area contributed by atoms with Gasteiger partial charge in [-0.15, -0.1) is 0 Å². The summed E-state index contributed by atoms with van der Waals surface area (Å²) in [6.45, 7) is 2.74. The number of hydrogen-bond donors (Lipinski definition) is 0. The van der Waals surface area contributed by atoms with Gasteiger partial charge in [0.1, 0.15) is 11.3 Å². The van der Waals surface area contributed by atoms with Crippen LogP contribution in [-0.4, -0.2) is 47.1 Å². The van der Waals surface area contributed by atoms with Crippen molar-refractivity contribution in [3.8, 4) is 0 Å². The maximum Gasteiger partial charge on any atom is 0.225 e. The van der Waals surface area contributed by atoms with Crippen LogP contribution >= 0.6 is 27.5 Å². The number of halogens is 3. The van der Waals surface area contributed by atoms with Gasteiger partial charge in [0.15, 0.2) is 5.82 Å². The number of fused-ring (bicyclic) bond motifs is 1. The van der Waals surface area contributed by atoms with Gasteiger partial charge in [0.2, 0.25) is 5.28 Å². The Labute approximate surface area is 141 Å². The lowest BCUT2D eigenvalue weighted by Crippen LogP contribution is -2.53. The molecule has 0 atom stereocenters. The summed E-state index contributed by atoms with van der Waals surface area (Å²) in [5, 5.41) is 0.800. The number of hydrogen-bond acceptors (Lipinski definition) is 4. The van der Waals surface area contributed by atoms with Crippen LogP contribution in [0.5, 0.6) is 0 Å². The van der Waals surface area contributed by atoms with Crippen molar-refractivity contribution in [2.45, 2.75) is 18.4 Å². The second kappa shape index (κ2) is 5.01. The number of aromatic nitrogens is 2. The lowest BCUT2D eigenvalue weighted by Gasteiger charge is -2.41. The summed E-state index contributed by atoms with van der Waals surface area (Å²) in [7, 11) is 2.17. The summed E-state index contributed by atoms with van der Waals surface area (Å²) < 4.78 is 14.7. The summed E-state index contributed by atoms with van der Waals surface area (Å²) in [5.74, 6) is 0.346. The van der Waals surface area contributed by atoms with Crippen LogP contribution in [0.4, 0.5) is 10.2 Å². The van der Waals surface area contributed by atoms with Gasteiger partial charge >= 0.3 is 0 Å². The molecule has 22 heavy (non-hydrogen) atoms. The molecule has 2 aliphatic rings. The number of likely N-dealkylation sites (N-methyl/N-ethyl adjacent to an activating group) is 1. The van der Waals surface area contributed by atoms with Crippen molar-refractivity contribution in [1.29, 1.82) is 0 Å². The van der Waals surface area contributed by atoms with E-state index in [1.807, 2.05) is 6.07 Å². The number of rotatable bonds is 1. The normalized spacial score (nSPS) is 20.8. The smallest absolute Gasteiger partial charge is 0.225 e. The van der Waals surface area contributed by atoms with Gasteiger partial charge in [-0.3, -0.25) is 4.90 Å². The van der Waals surface area contributed by atoms with Gasteiger partial charge in [0.25, 0.3) is 0 Å². The highest BCUT2D eigenvalue weighted by Gasteiger charge is 2.49. The van der Waals surface area contributed by atoms with Gasteiger partial charge in [0, 0.05) is 30.6 Å². The molecule has 116 valence electrons. The van der Waals surface area contributed by atoms with Crippen molar-refractivity contribution in [2.24, 2.45) is 0 Å². The summed E-state index contributed by atoms with van der Waals surface area (Å²) in [6.07, 6.45) is 2.41. The predicted octanol–water partition coefficient (Wildman–Crippen LogP) is 3.47. The molecule has 0 radical (unpaired) electrons. The molecule has 2 aromatic rings. The first kappa shape index (κ1) is 14.6. The summed E-state index contributed by atoms with van der Waals surface area (Å²) in [4.78, 5) is 13.1. The Balaban J connectivity index is 1.83. The van der Waals surface area contributed by atoms with Crippen molar-refractivity contribution in [3.63, 3.8) is 0 Å². The molecular weight excluding hydrogens is 371 g/mol. The second-order valence-electron chi connectivity index (χ2n) is 6.14. The van der Waals surface area contributed by atoms with Gasteiger partial charge in [-0.25, -0.2) is 9.37 Å². The number of piperazine rings is 1. The van der Waals surface area contributed by atoms with Crippen LogP contribution in [0, 0.1) is 5.82 Å². The SMILES string of the molecule is CN1CCN(c2nc(Cl)nc3c(F)c(Br)ccc23)CC12CC2. The monoisotopic (exact) mass is 384 g/mol. The first-order valence-corrected chi connectivity index (χ1v) is 8.45. The van der Waals surface area contributed by atoms with Gasteiger partial charge in [-0.2, -0.15) is 4.98 Å². The zero-order chi connectivity index (χ0) is 15.5. The molecule has 1 saturated heterocycles. The van der Waals surface area contributed by atoms with Crippen molar-refractivity contribution in [2.75, 3.05) is 31.6 Å². The van der Waals surface area contributed by atoms with Gasteiger partial charge in [-0.05, 0) is 59.6 Å². The molecule has 2 fully saturated rings. The molecule has 0 amide bonds. The Morgan fingerprint density at radius 2 is 2.05 bits per heavy atom. The molecular formula is C15H15BrClFN4. The molecule has 1 saturated carbocycles. The van der Waals surface area contributed by atoms with Crippen LogP contribution in [-0.2, 0) is 0 Å². The van der Waals surface area contributed by atoms with Crippen LogP contribution < -0.4 is 4.90 Å². The third-order valence-corrected chi connectivity index (χ3v) is 5.62. The van der Waals surface area contributed by atoms with E-state index in [0.29, 0.717) is 9.86 Å². The minimum atomic E-state index is -0.390. The number of nitrogens with zero attached hydrogens (tertiary/aromatic N) is 4.